The van der Waals surface area contributed by atoms with E-state index in [2.05, 4.69) is 17.9 Å². The summed E-state index contributed by atoms with van der Waals surface area (Å²) in [5, 5.41) is 0.810. The molecular weight excluding hydrogens is 236 g/mol. The minimum absolute atomic E-state index is 0.255. The Morgan fingerprint density at radius 3 is 3.06 bits per heavy atom. The molecule has 1 aromatic carbocycles. The molecule has 1 unspecified atom stereocenters. The molecule has 1 aliphatic rings. The third-order valence-electron chi connectivity index (χ3n) is 3.04. The zero-order chi connectivity index (χ0) is 12.3. The number of anilines is 1. The van der Waals surface area contributed by atoms with Gasteiger partial charge < -0.3 is 15.4 Å². The quantitative estimate of drug-likeness (QED) is 0.898. The van der Waals surface area contributed by atoms with E-state index in [1.54, 1.807) is 0 Å². The highest BCUT2D eigenvalue weighted by atomic mass is 35.5. The van der Waals surface area contributed by atoms with Crippen LogP contribution >= 0.6 is 11.6 Å². The Kier molecular flexibility index (Phi) is 4.26. The van der Waals surface area contributed by atoms with E-state index in [0.29, 0.717) is 6.54 Å². The number of nitrogens with two attached hydrogens (primary N) is 1. The third kappa shape index (κ3) is 2.92. The molecule has 0 aromatic heterocycles. The molecule has 0 spiro atoms. The van der Waals surface area contributed by atoms with Gasteiger partial charge in [-0.15, -0.1) is 0 Å². The van der Waals surface area contributed by atoms with E-state index >= 15 is 0 Å². The van der Waals surface area contributed by atoms with Crippen LogP contribution in [0.3, 0.4) is 0 Å². The number of morpholine rings is 1. The van der Waals surface area contributed by atoms with Crippen molar-refractivity contribution in [3.63, 3.8) is 0 Å². The Balaban J connectivity index is 2.28. The minimum Gasteiger partial charge on any atom is -0.375 e. The van der Waals surface area contributed by atoms with Gasteiger partial charge in [-0.05, 0) is 31.5 Å². The van der Waals surface area contributed by atoms with Gasteiger partial charge in [-0.2, -0.15) is 0 Å². The number of ether oxygens (including phenoxy) is 1. The summed E-state index contributed by atoms with van der Waals surface area (Å²) in [7, 11) is 0. The lowest BCUT2D eigenvalue weighted by Gasteiger charge is -2.34. The normalized spacial score (nSPS) is 20.6. The average Bonchev–Trinajstić information content (AvgIpc) is 2.29. The largest absolute Gasteiger partial charge is 0.375 e. The number of halogens is 1. The van der Waals surface area contributed by atoms with Gasteiger partial charge in [0.15, 0.2) is 0 Å². The van der Waals surface area contributed by atoms with Crippen molar-refractivity contribution in [1.29, 1.82) is 0 Å². The van der Waals surface area contributed by atoms with Gasteiger partial charge in [-0.1, -0.05) is 23.7 Å². The first kappa shape index (κ1) is 12.7. The van der Waals surface area contributed by atoms with E-state index in [4.69, 9.17) is 22.1 Å². The summed E-state index contributed by atoms with van der Waals surface area (Å²) in [5.41, 5.74) is 8.01. The van der Waals surface area contributed by atoms with Crippen LogP contribution in [0, 0.1) is 0 Å². The Labute approximate surface area is 107 Å². The Morgan fingerprint density at radius 2 is 2.35 bits per heavy atom. The highest BCUT2D eigenvalue weighted by molar-refractivity contribution is 6.33. The van der Waals surface area contributed by atoms with Crippen LogP contribution in [0.15, 0.2) is 18.2 Å². The first-order valence-corrected chi connectivity index (χ1v) is 6.44. The van der Waals surface area contributed by atoms with E-state index in [1.165, 1.54) is 5.56 Å². The predicted octanol–water partition coefficient (Wildman–Crippen LogP) is 2.07. The molecule has 4 heteroatoms. The summed E-state index contributed by atoms with van der Waals surface area (Å²) < 4.78 is 5.56. The molecule has 17 heavy (non-hydrogen) atoms. The SMILES string of the molecule is CC1CN(c2c(Cl)cccc2CCN)CCO1. The van der Waals surface area contributed by atoms with Crippen molar-refractivity contribution >= 4 is 17.3 Å². The van der Waals surface area contributed by atoms with Crippen LogP contribution in [0.25, 0.3) is 0 Å². The molecule has 1 saturated heterocycles. The molecule has 1 heterocycles. The van der Waals surface area contributed by atoms with E-state index in [9.17, 15) is 0 Å². The molecule has 1 atom stereocenters. The molecule has 1 aliphatic heterocycles. The fourth-order valence-corrected chi connectivity index (χ4v) is 2.61. The van der Waals surface area contributed by atoms with Gasteiger partial charge in [0, 0.05) is 13.1 Å². The maximum Gasteiger partial charge on any atom is 0.0722 e. The maximum absolute atomic E-state index is 6.32. The number of rotatable bonds is 3. The lowest BCUT2D eigenvalue weighted by Crippen LogP contribution is -2.41. The van der Waals surface area contributed by atoms with Crippen LogP contribution < -0.4 is 10.6 Å². The molecule has 0 bridgehead atoms. The highest BCUT2D eigenvalue weighted by Gasteiger charge is 2.20. The van der Waals surface area contributed by atoms with Gasteiger partial charge in [-0.25, -0.2) is 0 Å². The van der Waals surface area contributed by atoms with Crippen molar-refractivity contribution in [2.24, 2.45) is 5.73 Å². The smallest absolute Gasteiger partial charge is 0.0722 e. The van der Waals surface area contributed by atoms with E-state index in [-0.39, 0.29) is 6.10 Å². The second-order valence-corrected chi connectivity index (χ2v) is 4.82. The van der Waals surface area contributed by atoms with Crippen molar-refractivity contribution in [2.75, 3.05) is 31.1 Å². The summed E-state index contributed by atoms with van der Waals surface area (Å²) in [6.07, 6.45) is 1.12. The molecule has 0 saturated carbocycles. The molecule has 0 aliphatic carbocycles. The monoisotopic (exact) mass is 254 g/mol. The van der Waals surface area contributed by atoms with Crippen LogP contribution in [-0.4, -0.2) is 32.3 Å². The van der Waals surface area contributed by atoms with Crippen molar-refractivity contribution in [1.82, 2.24) is 0 Å². The standard InChI is InChI=1S/C13H19ClN2O/c1-10-9-16(7-8-17-10)13-11(5-6-15)3-2-4-12(13)14/h2-4,10H,5-9,15H2,1H3. The van der Waals surface area contributed by atoms with Crippen molar-refractivity contribution in [2.45, 2.75) is 19.4 Å². The highest BCUT2D eigenvalue weighted by Crippen LogP contribution is 2.31. The Morgan fingerprint density at radius 1 is 1.53 bits per heavy atom. The summed E-state index contributed by atoms with van der Waals surface area (Å²) in [4.78, 5) is 2.31. The second-order valence-electron chi connectivity index (χ2n) is 4.41. The van der Waals surface area contributed by atoms with Crippen molar-refractivity contribution in [3.8, 4) is 0 Å². The number of hydrogen-bond acceptors (Lipinski definition) is 3. The first-order chi connectivity index (χ1) is 8.22. The lowest BCUT2D eigenvalue weighted by atomic mass is 10.1. The zero-order valence-corrected chi connectivity index (χ0v) is 10.9. The number of hydrogen-bond donors (Lipinski definition) is 1. The fraction of sp³-hybridized carbons (Fsp3) is 0.538. The van der Waals surface area contributed by atoms with Gasteiger partial charge in [0.05, 0.1) is 23.4 Å². The third-order valence-corrected chi connectivity index (χ3v) is 3.35. The molecule has 94 valence electrons. The van der Waals surface area contributed by atoms with E-state index < -0.39 is 0 Å². The van der Waals surface area contributed by atoms with Gasteiger partial charge in [0.25, 0.3) is 0 Å². The predicted molar refractivity (Wildman–Crippen MR) is 71.8 cm³/mol. The summed E-state index contributed by atoms with van der Waals surface area (Å²) in [6.45, 7) is 5.28. The zero-order valence-electron chi connectivity index (χ0n) is 10.2. The van der Waals surface area contributed by atoms with Gasteiger partial charge in [0.2, 0.25) is 0 Å². The molecule has 1 fully saturated rings. The molecule has 1 aromatic rings. The topological polar surface area (TPSA) is 38.5 Å². The molecule has 2 N–H and O–H groups in total. The number of nitrogens with zero attached hydrogens (tertiary/aromatic N) is 1. The lowest BCUT2D eigenvalue weighted by molar-refractivity contribution is 0.0532. The minimum atomic E-state index is 0.255. The van der Waals surface area contributed by atoms with Gasteiger partial charge in [-0.3, -0.25) is 0 Å². The maximum atomic E-state index is 6.32. The molecule has 2 rings (SSSR count). The summed E-state index contributed by atoms with van der Waals surface area (Å²) >= 11 is 6.32. The van der Waals surface area contributed by atoms with Crippen LogP contribution in [-0.2, 0) is 11.2 Å². The molecule has 0 radical (unpaired) electrons. The summed E-state index contributed by atoms with van der Waals surface area (Å²) in [6, 6.07) is 6.03. The Hall–Kier alpha value is -0.770. The van der Waals surface area contributed by atoms with Crippen molar-refractivity contribution < 1.29 is 4.74 Å². The fourth-order valence-electron chi connectivity index (χ4n) is 2.29. The molecular formula is C13H19ClN2O. The van der Waals surface area contributed by atoms with E-state index in [0.717, 1.165) is 36.8 Å². The Bertz CT molecular complexity index is 384. The van der Waals surface area contributed by atoms with Crippen LogP contribution in [0.4, 0.5) is 5.69 Å². The van der Waals surface area contributed by atoms with Gasteiger partial charge >= 0.3 is 0 Å². The van der Waals surface area contributed by atoms with Gasteiger partial charge in [0.1, 0.15) is 0 Å². The number of para-hydroxylation sites is 1. The summed E-state index contributed by atoms with van der Waals surface area (Å²) in [5.74, 6) is 0. The van der Waals surface area contributed by atoms with Crippen molar-refractivity contribution in [3.05, 3.63) is 28.8 Å². The van der Waals surface area contributed by atoms with Crippen LogP contribution in [0.1, 0.15) is 12.5 Å². The molecule has 3 nitrogen and oxygen atoms in total. The number of benzene rings is 1. The molecule has 0 amide bonds. The van der Waals surface area contributed by atoms with E-state index in [1.807, 2.05) is 12.1 Å². The first-order valence-electron chi connectivity index (χ1n) is 6.06. The van der Waals surface area contributed by atoms with Crippen LogP contribution in [0.5, 0.6) is 0 Å². The second kappa shape index (κ2) is 5.71. The average molecular weight is 255 g/mol. The van der Waals surface area contributed by atoms with Crippen LogP contribution in [0.2, 0.25) is 5.02 Å².